The molecule has 2 heterocycles. The summed E-state index contributed by atoms with van der Waals surface area (Å²) in [6.07, 6.45) is 4.31. The molecule has 6 nitrogen and oxygen atoms in total. The van der Waals surface area contributed by atoms with Gasteiger partial charge < -0.3 is 10.2 Å². The van der Waals surface area contributed by atoms with Crippen molar-refractivity contribution in [2.45, 2.75) is 25.2 Å². The van der Waals surface area contributed by atoms with Gasteiger partial charge in [-0.15, -0.1) is 10.2 Å². The molecular weight excluding hydrogens is 276 g/mol. The molecule has 0 aromatic carbocycles. The van der Waals surface area contributed by atoms with E-state index in [2.05, 4.69) is 22.1 Å². The Bertz CT molecular complexity index is 552. The Morgan fingerprint density at radius 3 is 2.85 bits per heavy atom. The maximum absolute atomic E-state index is 12.1. The van der Waals surface area contributed by atoms with Crippen molar-refractivity contribution >= 4 is 28.3 Å². The molecule has 3 rings (SSSR count). The summed E-state index contributed by atoms with van der Waals surface area (Å²) in [5.41, 5.74) is 0. The molecule has 0 radical (unpaired) electrons. The van der Waals surface area contributed by atoms with Crippen LogP contribution in [0.15, 0.2) is 12.7 Å². The van der Waals surface area contributed by atoms with E-state index in [0.717, 1.165) is 5.01 Å². The number of nitrogens with one attached hydrogen (secondary N) is 1. The van der Waals surface area contributed by atoms with E-state index in [-0.39, 0.29) is 17.7 Å². The van der Waals surface area contributed by atoms with Crippen LogP contribution >= 0.6 is 11.3 Å². The van der Waals surface area contributed by atoms with Gasteiger partial charge in [-0.05, 0) is 25.3 Å². The Kier molecular flexibility index (Phi) is 3.52. The minimum Gasteiger partial charge on any atom is -0.338 e. The zero-order chi connectivity index (χ0) is 14.1. The van der Waals surface area contributed by atoms with Crippen molar-refractivity contribution in [1.82, 2.24) is 15.1 Å². The third-order valence-electron chi connectivity index (χ3n) is 3.64. The predicted molar refractivity (Wildman–Crippen MR) is 75.4 cm³/mol. The number of likely N-dealkylation sites (tertiary alicyclic amines) is 1. The normalized spacial score (nSPS) is 21.8. The standard InChI is InChI=1S/C13H16N4O2S/c1-2-10(18)17-6-5-9(7-17)11(19)14-13-16-15-12(20-13)8-3-4-8/h2,8-9H,1,3-7H2,(H,14,16,19). The number of hydrogen-bond donors (Lipinski definition) is 1. The van der Waals surface area contributed by atoms with E-state index in [9.17, 15) is 9.59 Å². The fourth-order valence-electron chi connectivity index (χ4n) is 2.29. The van der Waals surface area contributed by atoms with Crippen LogP contribution in [-0.4, -0.2) is 40.0 Å². The van der Waals surface area contributed by atoms with E-state index in [1.807, 2.05) is 0 Å². The van der Waals surface area contributed by atoms with Gasteiger partial charge in [-0.1, -0.05) is 17.9 Å². The lowest BCUT2D eigenvalue weighted by molar-refractivity contribution is -0.125. The van der Waals surface area contributed by atoms with E-state index in [4.69, 9.17) is 0 Å². The lowest BCUT2D eigenvalue weighted by atomic mass is 10.1. The number of hydrogen-bond acceptors (Lipinski definition) is 5. The van der Waals surface area contributed by atoms with Crippen molar-refractivity contribution in [1.29, 1.82) is 0 Å². The molecule has 7 heteroatoms. The first kappa shape index (κ1) is 13.2. The molecule has 0 bridgehead atoms. The van der Waals surface area contributed by atoms with Crippen molar-refractivity contribution in [2.24, 2.45) is 5.92 Å². The summed E-state index contributed by atoms with van der Waals surface area (Å²) in [6, 6.07) is 0. The minimum absolute atomic E-state index is 0.0807. The molecule has 106 valence electrons. The van der Waals surface area contributed by atoms with Gasteiger partial charge in [-0.25, -0.2) is 0 Å². The molecule has 1 saturated heterocycles. The molecular formula is C13H16N4O2S. The maximum atomic E-state index is 12.1. The SMILES string of the molecule is C=CC(=O)N1CCC(C(=O)Nc2nnc(C3CC3)s2)C1. The van der Waals surface area contributed by atoms with E-state index in [1.54, 1.807) is 4.90 Å². The number of amides is 2. The molecule has 2 fully saturated rings. The predicted octanol–water partition coefficient (Wildman–Crippen LogP) is 1.39. The number of carbonyl (C=O) groups excluding carboxylic acids is 2. The molecule has 2 aliphatic rings. The van der Waals surface area contributed by atoms with Gasteiger partial charge >= 0.3 is 0 Å². The average Bonchev–Trinajstić information content (AvgIpc) is 3.01. The Labute approximate surface area is 120 Å². The van der Waals surface area contributed by atoms with Crippen LogP contribution < -0.4 is 5.32 Å². The number of nitrogens with zero attached hydrogens (tertiary/aromatic N) is 3. The van der Waals surface area contributed by atoms with E-state index >= 15 is 0 Å². The average molecular weight is 292 g/mol. The number of rotatable bonds is 4. The second-order valence-corrected chi connectivity index (χ2v) is 6.19. The van der Waals surface area contributed by atoms with Crippen LogP contribution in [0.4, 0.5) is 5.13 Å². The van der Waals surface area contributed by atoms with Crippen molar-refractivity contribution in [3.8, 4) is 0 Å². The molecule has 1 aliphatic carbocycles. The Balaban J connectivity index is 1.56. The van der Waals surface area contributed by atoms with Gasteiger partial charge in [0, 0.05) is 19.0 Å². The summed E-state index contributed by atoms with van der Waals surface area (Å²) in [5, 5.41) is 12.5. The van der Waals surface area contributed by atoms with Crippen LogP contribution in [0.5, 0.6) is 0 Å². The number of carbonyl (C=O) groups is 2. The van der Waals surface area contributed by atoms with Crippen LogP contribution in [0.25, 0.3) is 0 Å². The third kappa shape index (κ3) is 2.72. The molecule has 1 atom stereocenters. The fraction of sp³-hybridized carbons (Fsp3) is 0.538. The first-order valence-electron chi connectivity index (χ1n) is 6.73. The van der Waals surface area contributed by atoms with Crippen LogP contribution in [0, 0.1) is 5.92 Å². The smallest absolute Gasteiger partial charge is 0.245 e. The summed E-state index contributed by atoms with van der Waals surface area (Å²) in [7, 11) is 0. The molecule has 1 aliphatic heterocycles. The molecule has 1 aromatic heterocycles. The highest BCUT2D eigenvalue weighted by Crippen LogP contribution is 2.42. The van der Waals surface area contributed by atoms with E-state index in [0.29, 0.717) is 30.6 Å². The zero-order valence-corrected chi connectivity index (χ0v) is 11.9. The van der Waals surface area contributed by atoms with Gasteiger partial charge in [0.2, 0.25) is 16.9 Å². The number of aromatic nitrogens is 2. The van der Waals surface area contributed by atoms with Crippen molar-refractivity contribution in [3.05, 3.63) is 17.7 Å². The third-order valence-corrected chi connectivity index (χ3v) is 4.64. The molecule has 2 amide bonds. The topological polar surface area (TPSA) is 75.2 Å². The van der Waals surface area contributed by atoms with Crippen LogP contribution in [0.1, 0.15) is 30.2 Å². The second-order valence-electron chi connectivity index (χ2n) is 5.18. The van der Waals surface area contributed by atoms with Gasteiger partial charge in [0.25, 0.3) is 0 Å². The Morgan fingerprint density at radius 2 is 2.15 bits per heavy atom. The monoisotopic (exact) mass is 292 g/mol. The second kappa shape index (κ2) is 5.32. The van der Waals surface area contributed by atoms with Crippen molar-refractivity contribution in [3.63, 3.8) is 0 Å². The Morgan fingerprint density at radius 1 is 1.35 bits per heavy atom. The maximum Gasteiger partial charge on any atom is 0.245 e. The van der Waals surface area contributed by atoms with E-state index in [1.165, 1.54) is 30.3 Å². The lowest BCUT2D eigenvalue weighted by Crippen LogP contribution is -2.30. The van der Waals surface area contributed by atoms with E-state index < -0.39 is 0 Å². The summed E-state index contributed by atoms with van der Waals surface area (Å²) < 4.78 is 0. The largest absolute Gasteiger partial charge is 0.338 e. The van der Waals surface area contributed by atoms with Crippen LogP contribution in [-0.2, 0) is 9.59 Å². The van der Waals surface area contributed by atoms with Gasteiger partial charge in [-0.2, -0.15) is 0 Å². The molecule has 1 saturated carbocycles. The highest BCUT2D eigenvalue weighted by Gasteiger charge is 2.31. The van der Waals surface area contributed by atoms with Gasteiger partial charge in [-0.3, -0.25) is 9.59 Å². The summed E-state index contributed by atoms with van der Waals surface area (Å²) in [6.45, 7) is 4.51. The minimum atomic E-state index is -0.174. The van der Waals surface area contributed by atoms with Crippen LogP contribution in [0.3, 0.4) is 0 Å². The highest BCUT2D eigenvalue weighted by molar-refractivity contribution is 7.15. The van der Waals surface area contributed by atoms with Gasteiger partial charge in [0.1, 0.15) is 5.01 Å². The molecule has 0 spiro atoms. The molecule has 1 N–H and O–H groups in total. The molecule has 1 unspecified atom stereocenters. The first-order valence-corrected chi connectivity index (χ1v) is 7.54. The highest BCUT2D eigenvalue weighted by atomic mass is 32.1. The van der Waals surface area contributed by atoms with Gasteiger partial charge in [0.05, 0.1) is 5.92 Å². The molecule has 1 aromatic rings. The zero-order valence-electron chi connectivity index (χ0n) is 11.0. The van der Waals surface area contributed by atoms with Gasteiger partial charge in [0.15, 0.2) is 0 Å². The number of anilines is 1. The van der Waals surface area contributed by atoms with Crippen molar-refractivity contribution in [2.75, 3.05) is 18.4 Å². The summed E-state index contributed by atoms with van der Waals surface area (Å²) in [4.78, 5) is 25.3. The Hall–Kier alpha value is -1.76. The molecule has 20 heavy (non-hydrogen) atoms. The lowest BCUT2D eigenvalue weighted by Gasteiger charge is -2.13. The summed E-state index contributed by atoms with van der Waals surface area (Å²) in [5.74, 6) is 0.174. The van der Waals surface area contributed by atoms with Crippen molar-refractivity contribution < 1.29 is 9.59 Å². The fourth-order valence-corrected chi connectivity index (χ4v) is 3.21. The van der Waals surface area contributed by atoms with Crippen LogP contribution in [0.2, 0.25) is 0 Å². The quantitative estimate of drug-likeness (QED) is 0.851. The summed E-state index contributed by atoms with van der Waals surface area (Å²) >= 11 is 1.45. The first-order chi connectivity index (χ1) is 9.67.